The Morgan fingerprint density at radius 3 is 2.61 bits per heavy atom. The van der Waals surface area contributed by atoms with Crippen molar-refractivity contribution in [1.29, 1.82) is 0 Å². The average molecular weight is 477 g/mol. The number of nitrogens with one attached hydrogen (secondary N) is 2. The third kappa shape index (κ3) is 4.34. The lowest BCUT2D eigenvalue weighted by Crippen LogP contribution is -2.18. The van der Waals surface area contributed by atoms with Crippen molar-refractivity contribution in [3.05, 3.63) is 112 Å². The number of benzene rings is 2. The highest BCUT2D eigenvalue weighted by Crippen LogP contribution is 2.22. The summed E-state index contributed by atoms with van der Waals surface area (Å²) < 4.78 is 3.56. The zero-order valence-electron chi connectivity index (χ0n) is 19.7. The highest BCUT2D eigenvalue weighted by molar-refractivity contribution is 5.86. The molecule has 6 aromatic rings. The van der Waals surface area contributed by atoms with E-state index in [1.165, 1.54) is 11.9 Å². The van der Waals surface area contributed by atoms with Gasteiger partial charge in [-0.3, -0.25) is 14.6 Å². The number of anilines is 1. The molecular formula is C27H24N8O. The molecule has 6 rings (SSSR count). The Morgan fingerprint density at radius 1 is 0.944 bits per heavy atom. The fraction of sp³-hybridized carbons (Fsp3) is 0.148. The van der Waals surface area contributed by atoms with E-state index in [4.69, 9.17) is 0 Å². The predicted molar refractivity (Wildman–Crippen MR) is 139 cm³/mol. The molecule has 0 spiro atoms. The van der Waals surface area contributed by atoms with Crippen LogP contribution in [-0.2, 0) is 19.6 Å². The number of aromatic amines is 1. The number of rotatable bonds is 7. The van der Waals surface area contributed by atoms with Gasteiger partial charge in [-0.05, 0) is 36.2 Å². The lowest BCUT2D eigenvalue weighted by molar-refractivity contribution is 0.692. The van der Waals surface area contributed by atoms with E-state index in [0.29, 0.717) is 25.3 Å². The van der Waals surface area contributed by atoms with Crippen molar-refractivity contribution < 1.29 is 0 Å². The van der Waals surface area contributed by atoms with Crippen LogP contribution in [-0.4, -0.2) is 34.5 Å². The largest absolute Gasteiger partial charge is 0.364 e. The van der Waals surface area contributed by atoms with Crippen LogP contribution in [0.5, 0.6) is 0 Å². The summed E-state index contributed by atoms with van der Waals surface area (Å²) in [6.07, 6.45) is 5.29. The molecule has 0 aliphatic carbocycles. The van der Waals surface area contributed by atoms with Crippen LogP contribution < -0.4 is 10.9 Å². The number of aromatic nitrogens is 7. The van der Waals surface area contributed by atoms with E-state index in [0.717, 1.165) is 38.9 Å². The average Bonchev–Trinajstić information content (AvgIpc) is 3.49. The normalized spacial score (nSPS) is 11.4. The highest BCUT2D eigenvalue weighted by atomic mass is 16.1. The van der Waals surface area contributed by atoms with Gasteiger partial charge in [-0.25, -0.2) is 9.97 Å². The zero-order valence-corrected chi connectivity index (χ0v) is 19.7. The minimum atomic E-state index is -0.00818. The van der Waals surface area contributed by atoms with Gasteiger partial charge >= 0.3 is 0 Å². The fourth-order valence-corrected chi connectivity index (χ4v) is 4.32. The fourth-order valence-electron chi connectivity index (χ4n) is 4.32. The van der Waals surface area contributed by atoms with Crippen LogP contribution in [0.3, 0.4) is 0 Å². The third-order valence-electron chi connectivity index (χ3n) is 6.20. The smallest absolute Gasteiger partial charge is 0.250 e. The molecule has 36 heavy (non-hydrogen) atoms. The predicted octanol–water partition coefficient (Wildman–Crippen LogP) is 3.88. The molecule has 0 saturated heterocycles. The Bertz CT molecular complexity index is 1730. The Labute approximate surface area is 206 Å². The van der Waals surface area contributed by atoms with Gasteiger partial charge in [0, 0.05) is 23.8 Å². The number of hydrogen-bond acceptors (Lipinski definition) is 6. The summed E-state index contributed by atoms with van der Waals surface area (Å²) >= 11 is 0. The quantitative estimate of drug-likeness (QED) is 0.362. The van der Waals surface area contributed by atoms with E-state index < -0.39 is 0 Å². The molecule has 2 aromatic carbocycles. The van der Waals surface area contributed by atoms with Crippen LogP contribution >= 0.6 is 0 Å². The number of hydrogen-bond donors (Lipinski definition) is 2. The van der Waals surface area contributed by atoms with Gasteiger partial charge in [0.15, 0.2) is 5.65 Å². The first kappa shape index (κ1) is 21.7. The molecule has 0 aliphatic heterocycles. The molecular weight excluding hydrogens is 452 g/mol. The van der Waals surface area contributed by atoms with Crippen LogP contribution in [0, 0.1) is 6.92 Å². The lowest BCUT2D eigenvalue weighted by atomic mass is 10.1. The van der Waals surface area contributed by atoms with Gasteiger partial charge in [0.1, 0.15) is 12.1 Å². The van der Waals surface area contributed by atoms with Crippen LogP contribution in [0.15, 0.2) is 84.2 Å². The molecule has 4 aromatic heterocycles. The Kier molecular flexibility index (Phi) is 5.49. The van der Waals surface area contributed by atoms with Crippen molar-refractivity contribution in [3.8, 4) is 0 Å². The minimum absolute atomic E-state index is 0.00818. The second-order valence-corrected chi connectivity index (χ2v) is 8.85. The number of aryl methyl sites for hydroxylation is 1. The summed E-state index contributed by atoms with van der Waals surface area (Å²) in [4.78, 5) is 20.7. The molecule has 0 fully saturated rings. The van der Waals surface area contributed by atoms with Crippen LogP contribution in [0.1, 0.15) is 22.4 Å². The molecule has 9 nitrogen and oxygen atoms in total. The van der Waals surface area contributed by atoms with E-state index in [2.05, 4.69) is 61.8 Å². The second kappa shape index (κ2) is 9.10. The van der Waals surface area contributed by atoms with Gasteiger partial charge in [0.25, 0.3) is 5.56 Å². The van der Waals surface area contributed by atoms with E-state index >= 15 is 0 Å². The maximum absolute atomic E-state index is 12.0. The standard InChI is InChI=1S/C27H24N8O/c1-18-5-10-23-21(12-18)24(32-31-23)13-28-26-22-16-35(33-27(22)30-17-29-26)15-20-8-6-19(7-9-20)14-34-11-3-2-4-25(34)36/h2-12,16-17H,13-15H2,1H3,(H,31,32)(H,28,29,30,33). The first-order chi connectivity index (χ1) is 17.6. The molecule has 0 saturated carbocycles. The maximum atomic E-state index is 12.0. The summed E-state index contributed by atoms with van der Waals surface area (Å²) in [6, 6.07) is 19.6. The molecule has 2 N–H and O–H groups in total. The van der Waals surface area contributed by atoms with Crippen LogP contribution in [0.25, 0.3) is 21.9 Å². The van der Waals surface area contributed by atoms with Gasteiger partial charge in [-0.1, -0.05) is 42.0 Å². The molecule has 178 valence electrons. The topological polar surface area (TPSA) is 106 Å². The number of pyridine rings is 1. The van der Waals surface area contributed by atoms with Crippen molar-refractivity contribution in [2.24, 2.45) is 0 Å². The van der Waals surface area contributed by atoms with Gasteiger partial charge in [0.2, 0.25) is 0 Å². The SMILES string of the molecule is Cc1ccc2n[nH]c(CNc3ncnc4nn(Cc5ccc(Cn6ccccc6=O)cc5)cc34)c2c1. The Morgan fingerprint density at radius 2 is 1.78 bits per heavy atom. The second-order valence-electron chi connectivity index (χ2n) is 8.85. The number of fused-ring (bicyclic) bond motifs is 2. The third-order valence-corrected chi connectivity index (χ3v) is 6.20. The molecule has 4 heterocycles. The van der Waals surface area contributed by atoms with E-state index in [1.54, 1.807) is 22.9 Å². The monoisotopic (exact) mass is 476 g/mol. The molecule has 0 aliphatic rings. The molecule has 0 atom stereocenters. The molecule has 0 radical (unpaired) electrons. The lowest BCUT2D eigenvalue weighted by Gasteiger charge is -2.07. The summed E-state index contributed by atoms with van der Waals surface area (Å²) in [5.74, 6) is 0.727. The zero-order chi connectivity index (χ0) is 24.5. The van der Waals surface area contributed by atoms with Crippen molar-refractivity contribution >= 4 is 27.8 Å². The van der Waals surface area contributed by atoms with Crippen LogP contribution in [0.2, 0.25) is 0 Å². The molecule has 0 unspecified atom stereocenters. The van der Waals surface area contributed by atoms with E-state index in [-0.39, 0.29) is 5.56 Å². The number of H-pyrrole nitrogens is 1. The van der Waals surface area contributed by atoms with Gasteiger partial charge < -0.3 is 9.88 Å². The summed E-state index contributed by atoms with van der Waals surface area (Å²) in [5.41, 5.74) is 5.94. The molecule has 0 amide bonds. The van der Waals surface area contributed by atoms with Crippen molar-refractivity contribution in [2.45, 2.75) is 26.6 Å². The van der Waals surface area contributed by atoms with Gasteiger partial charge in [-0.15, -0.1) is 0 Å². The summed E-state index contributed by atoms with van der Waals surface area (Å²) in [7, 11) is 0. The Hall–Kier alpha value is -4.79. The summed E-state index contributed by atoms with van der Waals surface area (Å²) in [6.45, 7) is 3.78. The highest BCUT2D eigenvalue weighted by Gasteiger charge is 2.11. The first-order valence-electron chi connectivity index (χ1n) is 11.7. The van der Waals surface area contributed by atoms with Crippen molar-refractivity contribution in [1.82, 2.24) is 34.5 Å². The molecule has 9 heteroatoms. The van der Waals surface area contributed by atoms with Crippen LogP contribution in [0.4, 0.5) is 5.82 Å². The van der Waals surface area contributed by atoms with Gasteiger partial charge in [0.05, 0.1) is 36.2 Å². The molecule has 0 bridgehead atoms. The maximum Gasteiger partial charge on any atom is 0.250 e. The van der Waals surface area contributed by atoms with Crippen molar-refractivity contribution in [2.75, 3.05) is 5.32 Å². The van der Waals surface area contributed by atoms with Crippen molar-refractivity contribution in [3.63, 3.8) is 0 Å². The number of nitrogens with zero attached hydrogens (tertiary/aromatic N) is 6. The van der Waals surface area contributed by atoms with E-state index in [1.807, 2.05) is 35.1 Å². The Balaban J connectivity index is 1.18. The van der Waals surface area contributed by atoms with Gasteiger partial charge in [-0.2, -0.15) is 10.2 Å². The first-order valence-corrected chi connectivity index (χ1v) is 11.7. The van der Waals surface area contributed by atoms with E-state index in [9.17, 15) is 4.79 Å². The minimum Gasteiger partial charge on any atom is -0.364 e. The summed E-state index contributed by atoms with van der Waals surface area (Å²) in [5, 5.41) is 17.5.